The summed E-state index contributed by atoms with van der Waals surface area (Å²) in [4.78, 5) is 24.8. The van der Waals surface area contributed by atoms with Gasteiger partial charge in [0.1, 0.15) is 0 Å². The second-order valence-corrected chi connectivity index (χ2v) is 3.58. The van der Waals surface area contributed by atoms with E-state index in [1.54, 1.807) is 25.0 Å². The predicted molar refractivity (Wildman–Crippen MR) is 56.1 cm³/mol. The highest BCUT2D eigenvalue weighted by Gasteiger charge is 2.06. The minimum absolute atomic E-state index is 0.358. The van der Waals surface area contributed by atoms with Crippen LogP contribution in [-0.4, -0.2) is 24.5 Å². The van der Waals surface area contributed by atoms with E-state index in [4.69, 9.17) is 0 Å². The second-order valence-electron chi connectivity index (χ2n) is 3.58. The third kappa shape index (κ3) is 1.92. The fourth-order valence-corrected chi connectivity index (χ4v) is 1.41. The first kappa shape index (κ1) is 10.3. The summed E-state index contributed by atoms with van der Waals surface area (Å²) in [6.45, 7) is 0. The Kier molecular flexibility index (Phi) is 2.43. The zero-order valence-electron chi connectivity index (χ0n) is 8.97. The quantitative estimate of drug-likeness (QED) is 0.689. The lowest BCUT2D eigenvalue weighted by Gasteiger charge is -1.99. The highest BCUT2D eigenvalue weighted by molar-refractivity contribution is 5.13. The fraction of sp³-hybridized carbons (Fsp3) is 0.333. The van der Waals surface area contributed by atoms with Crippen molar-refractivity contribution in [3.63, 3.8) is 0 Å². The van der Waals surface area contributed by atoms with E-state index in [0.717, 1.165) is 0 Å². The summed E-state index contributed by atoms with van der Waals surface area (Å²) in [5.41, 5.74) is 0.371. The first-order chi connectivity index (χ1) is 7.56. The molecule has 0 aliphatic rings. The molecule has 7 nitrogen and oxygen atoms in total. The molecule has 0 aromatic carbocycles. The number of rotatable bonds is 2. The normalized spacial score (nSPS) is 10.6. The van der Waals surface area contributed by atoms with Gasteiger partial charge in [0.2, 0.25) is 0 Å². The number of hydrogen-bond donors (Lipinski definition) is 1. The van der Waals surface area contributed by atoms with E-state index < -0.39 is 5.69 Å². The van der Waals surface area contributed by atoms with Crippen LogP contribution in [0.5, 0.6) is 0 Å². The summed E-state index contributed by atoms with van der Waals surface area (Å²) < 4.78 is 2.89. The van der Waals surface area contributed by atoms with Crippen molar-refractivity contribution >= 4 is 0 Å². The summed E-state index contributed by atoms with van der Waals surface area (Å²) in [5.74, 6) is 0. The van der Waals surface area contributed by atoms with Crippen LogP contribution in [0, 0.1) is 0 Å². The van der Waals surface area contributed by atoms with Crippen LogP contribution in [0.2, 0.25) is 0 Å². The number of aryl methyl sites for hydroxylation is 2. The molecule has 0 bridgehead atoms. The minimum atomic E-state index is -0.423. The smallest absolute Gasteiger partial charge is 0.303 e. The third-order valence-electron chi connectivity index (χ3n) is 2.20. The molecule has 2 rings (SSSR count). The Bertz CT molecular complexity index is 621. The van der Waals surface area contributed by atoms with Gasteiger partial charge < -0.3 is 4.57 Å². The van der Waals surface area contributed by atoms with E-state index in [1.165, 1.54) is 10.8 Å². The van der Waals surface area contributed by atoms with Gasteiger partial charge in [-0.1, -0.05) is 5.21 Å². The molecule has 2 heterocycles. The van der Waals surface area contributed by atoms with E-state index in [1.807, 2.05) is 0 Å². The Hall–Kier alpha value is -2.18. The Balaban J connectivity index is 2.39. The van der Waals surface area contributed by atoms with Crippen LogP contribution in [0.4, 0.5) is 0 Å². The predicted octanol–water partition coefficient (Wildman–Crippen LogP) is -1.21. The summed E-state index contributed by atoms with van der Waals surface area (Å²) in [6.07, 6.45) is 3.59. The van der Waals surface area contributed by atoms with Gasteiger partial charge in [0.15, 0.2) is 0 Å². The maximum absolute atomic E-state index is 11.5. The molecule has 0 radical (unpaired) electrons. The summed E-state index contributed by atoms with van der Waals surface area (Å²) in [6, 6.07) is 0. The minimum Gasteiger partial charge on any atom is -0.303 e. The molecule has 0 aliphatic carbocycles. The lowest BCUT2D eigenvalue weighted by atomic mass is 10.2. The topological polar surface area (TPSA) is 85.6 Å². The Morgan fingerprint density at radius 3 is 2.69 bits per heavy atom. The molecule has 0 amide bonds. The molecule has 0 aliphatic heterocycles. The number of aromatic nitrogens is 5. The molecule has 16 heavy (non-hydrogen) atoms. The summed E-state index contributed by atoms with van der Waals surface area (Å²) >= 11 is 0. The van der Waals surface area contributed by atoms with Crippen LogP contribution in [0.15, 0.2) is 22.0 Å². The largest absolute Gasteiger partial charge is 0.328 e. The molecule has 1 N–H and O–H groups in total. The molecular formula is C9H11N5O2. The molecule has 0 unspecified atom stereocenters. The van der Waals surface area contributed by atoms with E-state index in [9.17, 15) is 9.59 Å². The Morgan fingerprint density at radius 1 is 1.31 bits per heavy atom. The summed E-state index contributed by atoms with van der Waals surface area (Å²) in [7, 11) is 3.33. The van der Waals surface area contributed by atoms with Gasteiger partial charge in [-0.05, 0) is 0 Å². The van der Waals surface area contributed by atoms with Crippen molar-refractivity contribution < 1.29 is 0 Å². The number of nitrogens with zero attached hydrogens (tertiary/aromatic N) is 4. The van der Waals surface area contributed by atoms with Gasteiger partial charge in [0.05, 0.1) is 5.69 Å². The molecule has 2 aromatic heterocycles. The molecule has 0 fully saturated rings. The summed E-state index contributed by atoms with van der Waals surface area (Å²) in [5, 5.41) is 7.65. The lowest BCUT2D eigenvalue weighted by molar-refractivity contribution is 0.713. The maximum Gasteiger partial charge on any atom is 0.328 e. The van der Waals surface area contributed by atoms with Crippen molar-refractivity contribution in [3.05, 3.63) is 44.5 Å². The first-order valence-electron chi connectivity index (χ1n) is 4.70. The molecule has 7 heteroatoms. The van der Waals surface area contributed by atoms with E-state index in [-0.39, 0.29) is 5.56 Å². The van der Waals surface area contributed by atoms with Gasteiger partial charge >= 0.3 is 5.69 Å². The van der Waals surface area contributed by atoms with Crippen LogP contribution < -0.4 is 11.2 Å². The molecule has 0 atom stereocenters. The standard InChI is InChI=1S/C9H11N5O2/c1-13-4-6(8(15)10-9(13)16)3-7-5-14(2)12-11-7/h4-5H,3H2,1-2H3,(H,10,15,16). The molecule has 84 valence electrons. The van der Waals surface area contributed by atoms with Crippen molar-refractivity contribution in [3.8, 4) is 0 Å². The average Bonchev–Trinajstić information content (AvgIpc) is 2.60. The van der Waals surface area contributed by atoms with Crippen molar-refractivity contribution in [2.45, 2.75) is 6.42 Å². The average molecular weight is 221 g/mol. The number of aromatic amines is 1. The molecule has 0 saturated heterocycles. The van der Waals surface area contributed by atoms with Crippen molar-refractivity contribution in [2.24, 2.45) is 14.1 Å². The lowest BCUT2D eigenvalue weighted by Crippen LogP contribution is -2.30. The van der Waals surface area contributed by atoms with E-state index in [0.29, 0.717) is 17.7 Å². The molecular weight excluding hydrogens is 210 g/mol. The van der Waals surface area contributed by atoms with Gasteiger partial charge in [-0.3, -0.25) is 14.5 Å². The van der Waals surface area contributed by atoms with Crippen LogP contribution >= 0.6 is 0 Å². The molecule has 0 spiro atoms. The molecule has 0 saturated carbocycles. The highest BCUT2D eigenvalue weighted by Crippen LogP contribution is 1.99. The van der Waals surface area contributed by atoms with Crippen LogP contribution in [0.3, 0.4) is 0 Å². The number of hydrogen-bond acceptors (Lipinski definition) is 4. The van der Waals surface area contributed by atoms with Crippen LogP contribution in [0.25, 0.3) is 0 Å². The van der Waals surface area contributed by atoms with Crippen molar-refractivity contribution in [2.75, 3.05) is 0 Å². The SMILES string of the molecule is Cn1cc(Cc2cn(C)c(=O)[nH]c2=O)nn1. The van der Waals surface area contributed by atoms with Crippen molar-refractivity contribution in [1.82, 2.24) is 24.5 Å². The van der Waals surface area contributed by atoms with Gasteiger partial charge in [0.25, 0.3) is 5.56 Å². The first-order valence-corrected chi connectivity index (χ1v) is 4.70. The fourth-order valence-electron chi connectivity index (χ4n) is 1.41. The molecule has 2 aromatic rings. The highest BCUT2D eigenvalue weighted by atomic mass is 16.2. The van der Waals surface area contributed by atoms with E-state index >= 15 is 0 Å². The Labute approximate surface area is 90.4 Å². The Morgan fingerprint density at radius 2 is 2.06 bits per heavy atom. The van der Waals surface area contributed by atoms with Gasteiger partial charge in [0, 0.05) is 38.5 Å². The van der Waals surface area contributed by atoms with Crippen LogP contribution in [-0.2, 0) is 20.5 Å². The van der Waals surface area contributed by atoms with Gasteiger partial charge in [-0.15, -0.1) is 5.10 Å². The van der Waals surface area contributed by atoms with Gasteiger partial charge in [-0.2, -0.15) is 0 Å². The van der Waals surface area contributed by atoms with Gasteiger partial charge in [-0.25, -0.2) is 4.79 Å². The number of nitrogens with one attached hydrogen (secondary N) is 1. The maximum atomic E-state index is 11.5. The monoisotopic (exact) mass is 221 g/mol. The zero-order chi connectivity index (χ0) is 11.7. The second kappa shape index (κ2) is 3.76. The third-order valence-corrected chi connectivity index (χ3v) is 2.20. The van der Waals surface area contributed by atoms with Crippen LogP contribution in [0.1, 0.15) is 11.3 Å². The zero-order valence-corrected chi connectivity index (χ0v) is 8.97. The number of H-pyrrole nitrogens is 1. The van der Waals surface area contributed by atoms with Crippen molar-refractivity contribution in [1.29, 1.82) is 0 Å². The van der Waals surface area contributed by atoms with E-state index in [2.05, 4.69) is 15.3 Å².